The summed E-state index contributed by atoms with van der Waals surface area (Å²) in [7, 11) is 0. The van der Waals surface area contributed by atoms with Crippen LogP contribution in [0.3, 0.4) is 0 Å². The molecule has 4 aromatic heterocycles. The molecule has 10 nitrogen and oxygen atoms in total. The standard InChI is InChI=1S/C26H30N4O6S2/c1-7-27(8-2)19-17(23(33)29-11-13-37-25(29)21(19)35-15(5)31)18-20(28(9-3)10-4)22(36-16(6)32)26-30(24(18)34)12-14-38-26/h11-14H,7-10H2,1-6H3. The van der Waals surface area contributed by atoms with E-state index in [-0.39, 0.29) is 22.6 Å². The number of nitrogens with zero attached hydrogens (tertiary/aromatic N) is 4. The number of thiazole rings is 2. The van der Waals surface area contributed by atoms with Crippen LogP contribution in [-0.4, -0.2) is 46.9 Å². The van der Waals surface area contributed by atoms with Crippen molar-refractivity contribution >= 4 is 55.6 Å². The highest BCUT2D eigenvalue weighted by Gasteiger charge is 2.33. The number of carbonyl (C=O) groups excluding carboxylic acids is 2. The number of hydrogen-bond donors (Lipinski definition) is 0. The van der Waals surface area contributed by atoms with Crippen LogP contribution in [0.2, 0.25) is 0 Å². The highest BCUT2D eigenvalue weighted by Crippen LogP contribution is 2.46. The van der Waals surface area contributed by atoms with Gasteiger partial charge in [0.15, 0.2) is 11.5 Å². The molecule has 0 spiro atoms. The molecule has 0 N–H and O–H groups in total. The molecular weight excluding hydrogens is 528 g/mol. The SMILES string of the molecule is CCN(CC)c1c(-c2c(N(CC)CC)c(OC(C)=O)c3sccn3c2=O)c(=O)n2ccsc2c1OC(C)=O. The van der Waals surface area contributed by atoms with E-state index in [1.54, 1.807) is 23.2 Å². The Balaban J connectivity index is 2.34. The maximum absolute atomic E-state index is 14.2. The number of esters is 2. The van der Waals surface area contributed by atoms with Gasteiger partial charge in [0.25, 0.3) is 11.1 Å². The van der Waals surface area contributed by atoms with Crippen LogP contribution in [0.4, 0.5) is 11.4 Å². The minimum Gasteiger partial charge on any atom is -0.421 e. The molecule has 0 unspecified atom stereocenters. The Morgan fingerprint density at radius 3 is 1.34 bits per heavy atom. The molecule has 0 aliphatic carbocycles. The third-order valence-electron chi connectivity index (χ3n) is 6.28. The first-order valence-electron chi connectivity index (χ1n) is 12.4. The number of carbonyl (C=O) groups is 2. The van der Waals surface area contributed by atoms with Crippen LogP contribution in [-0.2, 0) is 9.59 Å². The first kappa shape index (κ1) is 27.4. The normalized spacial score (nSPS) is 11.2. The Kier molecular flexibility index (Phi) is 7.93. The Bertz CT molecular complexity index is 1520. The quantitative estimate of drug-likeness (QED) is 0.281. The minimum atomic E-state index is -0.548. The van der Waals surface area contributed by atoms with Crippen LogP contribution < -0.4 is 30.4 Å². The summed E-state index contributed by atoms with van der Waals surface area (Å²) < 4.78 is 14.3. The molecule has 4 aromatic rings. The van der Waals surface area contributed by atoms with Gasteiger partial charge in [0, 0.05) is 63.2 Å². The van der Waals surface area contributed by atoms with Gasteiger partial charge in [-0.1, -0.05) is 0 Å². The molecule has 0 atom stereocenters. The van der Waals surface area contributed by atoms with E-state index >= 15 is 0 Å². The maximum Gasteiger partial charge on any atom is 0.308 e. The fraction of sp³-hybridized carbons (Fsp3) is 0.385. The van der Waals surface area contributed by atoms with Gasteiger partial charge < -0.3 is 19.3 Å². The number of ether oxygens (including phenoxy) is 2. The highest BCUT2D eigenvalue weighted by atomic mass is 32.1. The summed E-state index contributed by atoms with van der Waals surface area (Å²) in [6, 6.07) is 0. The molecule has 0 radical (unpaired) electrons. The van der Waals surface area contributed by atoms with Crippen molar-refractivity contribution in [2.24, 2.45) is 0 Å². The summed E-state index contributed by atoms with van der Waals surface area (Å²) in [6.45, 7) is 12.2. The van der Waals surface area contributed by atoms with Crippen LogP contribution in [0.25, 0.3) is 20.8 Å². The van der Waals surface area contributed by atoms with E-state index in [0.717, 1.165) is 0 Å². The van der Waals surface area contributed by atoms with Gasteiger partial charge in [0.1, 0.15) is 9.66 Å². The summed E-state index contributed by atoms with van der Waals surface area (Å²) in [5.74, 6) is -0.680. The summed E-state index contributed by atoms with van der Waals surface area (Å²) >= 11 is 2.53. The van der Waals surface area contributed by atoms with Crippen molar-refractivity contribution in [3.05, 3.63) is 43.9 Å². The molecule has 38 heavy (non-hydrogen) atoms. The molecule has 0 aliphatic rings. The lowest BCUT2D eigenvalue weighted by molar-refractivity contribution is -0.132. The van der Waals surface area contributed by atoms with E-state index < -0.39 is 23.1 Å². The zero-order valence-electron chi connectivity index (χ0n) is 22.2. The average molecular weight is 559 g/mol. The number of rotatable bonds is 9. The van der Waals surface area contributed by atoms with Crippen LogP contribution in [0, 0.1) is 0 Å². The molecule has 0 saturated heterocycles. The summed E-state index contributed by atoms with van der Waals surface area (Å²) in [5, 5.41) is 3.45. The molecule has 0 aliphatic heterocycles. The lowest BCUT2D eigenvalue weighted by Crippen LogP contribution is -2.32. The second kappa shape index (κ2) is 11.0. The van der Waals surface area contributed by atoms with Crippen LogP contribution in [0.15, 0.2) is 32.7 Å². The Morgan fingerprint density at radius 1 is 0.711 bits per heavy atom. The van der Waals surface area contributed by atoms with Gasteiger partial charge in [-0.05, 0) is 27.7 Å². The number of hydrogen-bond acceptors (Lipinski definition) is 10. The van der Waals surface area contributed by atoms with E-state index in [0.29, 0.717) is 47.2 Å². The fourth-order valence-electron chi connectivity index (χ4n) is 4.68. The maximum atomic E-state index is 14.2. The van der Waals surface area contributed by atoms with Gasteiger partial charge in [0.2, 0.25) is 0 Å². The van der Waals surface area contributed by atoms with Crippen LogP contribution in [0.1, 0.15) is 41.5 Å². The molecule has 0 bridgehead atoms. The summed E-state index contributed by atoms with van der Waals surface area (Å²) in [6.07, 6.45) is 3.19. The smallest absolute Gasteiger partial charge is 0.308 e. The van der Waals surface area contributed by atoms with E-state index in [1.165, 1.54) is 45.3 Å². The third kappa shape index (κ3) is 4.47. The summed E-state index contributed by atoms with van der Waals surface area (Å²) in [4.78, 5) is 57.7. The molecule has 0 fully saturated rings. The Hall–Kier alpha value is -3.64. The molecule has 0 amide bonds. The molecule has 4 heterocycles. The number of aromatic nitrogens is 2. The fourth-order valence-corrected chi connectivity index (χ4v) is 6.31. The largest absolute Gasteiger partial charge is 0.421 e. The van der Waals surface area contributed by atoms with E-state index in [9.17, 15) is 19.2 Å². The van der Waals surface area contributed by atoms with Crippen molar-refractivity contribution in [1.29, 1.82) is 0 Å². The van der Waals surface area contributed by atoms with E-state index in [1.807, 2.05) is 37.5 Å². The molecule has 0 saturated carbocycles. The molecule has 4 rings (SSSR count). The molecule has 12 heteroatoms. The van der Waals surface area contributed by atoms with Gasteiger partial charge >= 0.3 is 11.9 Å². The van der Waals surface area contributed by atoms with Crippen molar-refractivity contribution in [2.45, 2.75) is 41.5 Å². The second-order valence-corrected chi connectivity index (χ2v) is 10.2. The number of fused-ring (bicyclic) bond motifs is 2. The lowest BCUT2D eigenvalue weighted by Gasteiger charge is -2.30. The van der Waals surface area contributed by atoms with E-state index in [4.69, 9.17) is 9.47 Å². The second-order valence-electron chi connectivity index (χ2n) is 8.40. The lowest BCUT2D eigenvalue weighted by atomic mass is 10.0. The van der Waals surface area contributed by atoms with Gasteiger partial charge in [-0.2, -0.15) is 0 Å². The monoisotopic (exact) mass is 558 g/mol. The van der Waals surface area contributed by atoms with E-state index in [2.05, 4.69) is 0 Å². The highest BCUT2D eigenvalue weighted by molar-refractivity contribution is 7.16. The summed E-state index contributed by atoms with van der Waals surface area (Å²) in [5.41, 5.74) is 0.00440. The predicted molar refractivity (Wildman–Crippen MR) is 152 cm³/mol. The first-order chi connectivity index (χ1) is 18.2. The first-order valence-corrected chi connectivity index (χ1v) is 14.1. The van der Waals surface area contributed by atoms with Crippen molar-refractivity contribution in [1.82, 2.24) is 8.80 Å². The number of anilines is 2. The van der Waals surface area contributed by atoms with Crippen LogP contribution in [0.5, 0.6) is 11.5 Å². The zero-order chi connectivity index (χ0) is 27.7. The molecule has 0 aromatic carbocycles. The van der Waals surface area contributed by atoms with Crippen molar-refractivity contribution < 1.29 is 19.1 Å². The zero-order valence-corrected chi connectivity index (χ0v) is 23.8. The average Bonchev–Trinajstić information content (AvgIpc) is 3.56. The predicted octanol–water partition coefficient (Wildman–Crippen LogP) is 4.25. The molecule has 202 valence electrons. The molecular formula is C26H30N4O6S2. The number of pyridine rings is 2. The van der Waals surface area contributed by atoms with Crippen LogP contribution >= 0.6 is 22.7 Å². The van der Waals surface area contributed by atoms with Crippen molar-refractivity contribution in [2.75, 3.05) is 36.0 Å². The van der Waals surface area contributed by atoms with Gasteiger partial charge in [-0.25, -0.2) is 0 Å². The minimum absolute atomic E-state index is 0.0850. The Morgan fingerprint density at radius 2 is 1.05 bits per heavy atom. The van der Waals surface area contributed by atoms with Crippen molar-refractivity contribution in [3.63, 3.8) is 0 Å². The van der Waals surface area contributed by atoms with Crippen molar-refractivity contribution in [3.8, 4) is 22.6 Å². The third-order valence-corrected chi connectivity index (χ3v) is 8.00. The van der Waals surface area contributed by atoms with Gasteiger partial charge in [-0.15, -0.1) is 22.7 Å². The van der Waals surface area contributed by atoms with Gasteiger partial charge in [0.05, 0.1) is 22.5 Å². The topological polar surface area (TPSA) is 102 Å². The Labute approximate surface area is 227 Å². The van der Waals surface area contributed by atoms with Gasteiger partial charge in [-0.3, -0.25) is 28.0 Å².